The van der Waals surface area contributed by atoms with Crippen LogP contribution < -0.4 is 11.2 Å². The van der Waals surface area contributed by atoms with E-state index < -0.39 is 17.6 Å². The predicted octanol–water partition coefficient (Wildman–Crippen LogP) is 3.24. The molecule has 0 bridgehead atoms. The van der Waals surface area contributed by atoms with Gasteiger partial charge in [-0.25, -0.2) is 9.87 Å². The monoisotopic (exact) mass is 340 g/mol. The maximum atomic E-state index is 13.5. The van der Waals surface area contributed by atoms with Crippen molar-refractivity contribution in [3.63, 3.8) is 0 Å². The van der Waals surface area contributed by atoms with Crippen molar-refractivity contribution in [1.82, 2.24) is 5.48 Å². The van der Waals surface area contributed by atoms with Gasteiger partial charge in [0.05, 0.1) is 6.10 Å². The van der Waals surface area contributed by atoms with Crippen LogP contribution in [-0.2, 0) is 9.53 Å². The van der Waals surface area contributed by atoms with Gasteiger partial charge < -0.3 is 10.5 Å². The minimum absolute atomic E-state index is 0.103. The highest BCUT2D eigenvalue weighted by Gasteiger charge is 2.43. The topological polar surface area (TPSA) is 84.6 Å². The first kappa shape index (κ1) is 20.5. The first-order valence-corrected chi connectivity index (χ1v) is 8.36. The second kappa shape index (κ2) is 9.11. The number of nitrogens with two attached hydrogens (primary N) is 1. The Morgan fingerprint density at radius 3 is 2.58 bits per heavy atom. The fraction of sp³-hybridized carbons (Fsp3) is 0.611. The number of rotatable bonds is 9. The highest BCUT2D eigenvalue weighted by molar-refractivity contribution is 5.85. The highest BCUT2D eigenvalue weighted by Crippen LogP contribution is 2.34. The van der Waals surface area contributed by atoms with Gasteiger partial charge in [0.2, 0.25) is 0 Å². The van der Waals surface area contributed by atoms with Crippen molar-refractivity contribution in [3.05, 3.63) is 35.1 Å². The number of halogens is 1. The lowest BCUT2D eigenvalue weighted by atomic mass is 9.75. The average Bonchev–Trinajstić information content (AvgIpc) is 2.58. The van der Waals surface area contributed by atoms with E-state index in [1.165, 1.54) is 13.2 Å². The maximum Gasteiger partial charge on any atom is 0.263 e. The number of hydrogen-bond donors (Lipinski definition) is 3. The average molecular weight is 340 g/mol. The lowest BCUT2D eigenvalue weighted by molar-refractivity contribution is -0.139. The maximum absolute atomic E-state index is 13.5. The summed E-state index contributed by atoms with van der Waals surface area (Å²) in [6, 6.07) is 4.71. The molecule has 1 amide bonds. The van der Waals surface area contributed by atoms with Crippen molar-refractivity contribution in [1.29, 1.82) is 0 Å². The van der Waals surface area contributed by atoms with Crippen molar-refractivity contribution in [2.75, 3.05) is 7.11 Å². The van der Waals surface area contributed by atoms with Gasteiger partial charge in [0, 0.05) is 13.5 Å². The normalized spacial score (nSPS) is 16.3. The third-order valence-electron chi connectivity index (χ3n) is 4.74. The molecule has 5 nitrogen and oxygen atoms in total. The molecule has 0 saturated heterocycles. The molecular weight excluding hydrogens is 311 g/mol. The van der Waals surface area contributed by atoms with Crippen LogP contribution in [0.4, 0.5) is 4.39 Å². The van der Waals surface area contributed by atoms with Crippen molar-refractivity contribution < 1.29 is 19.1 Å². The summed E-state index contributed by atoms with van der Waals surface area (Å²) >= 11 is 0. The number of carbonyl (C=O) groups is 1. The molecule has 24 heavy (non-hydrogen) atoms. The molecule has 0 radical (unpaired) electrons. The largest absolute Gasteiger partial charge is 0.377 e. The van der Waals surface area contributed by atoms with E-state index in [9.17, 15) is 9.18 Å². The minimum Gasteiger partial charge on any atom is -0.377 e. The number of methoxy groups -OCH3 is 1. The van der Waals surface area contributed by atoms with Crippen molar-refractivity contribution in [2.24, 2.45) is 11.7 Å². The molecule has 0 saturated carbocycles. The molecule has 3 unspecified atom stereocenters. The van der Waals surface area contributed by atoms with Gasteiger partial charge in [-0.1, -0.05) is 38.8 Å². The number of hydroxylamine groups is 1. The van der Waals surface area contributed by atoms with E-state index in [1.54, 1.807) is 24.5 Å². The molecule has 136 valence electrons. The van der Waals surface area contributed by atoms with Gasteiger partial charge in [-0.15, -0.1) is 0 Å². The van der Waals surface area contributed by atoms with Crippen LogP contribution in [0.25, 0.3) is 0 Å². The van der Waals surface area contributed by atoms with E-state index >= 15 is 0 Å². The van der Waals surface area contributed by atoms with E-state index in [0.717, 1.165) is 18.4 Å². The predicted molar refractivity (Wildman–Crippen MR) is 91.0 cm³/mol. The molecule has 1 aromatic rings. The molecule has 0 aliphatic carbocycles. The van der Waals surface area contributed by atoms with Crippen LogP contribution in [0.3, 0.4) is 0 Å². The van der Waals surface area contributed by atoms with E-state index in [4.69, 9.17) is 15.7 Å². The summed E-state index contributed by atoms with van der Waals surface area (Å²) < 4.78 is 19.0. The van der Waals surface area contributed by atoms with Gasteiger partial charge in [0.1, 0.15) is 11.4 Å². The summed E-state index contributed by atoms with van der Waals surface area (Å²) in [7, 11) is 1.53. The molecule has 0 aliphatic heterocycles. The Hall–Kier alpha value is -1.50. The number of ether oxygens (including phenoxy) is 1. The first-order chi connectivity index (χ1) is 11.3. The molecule has 0 aromatic heterocycles. The van der Waals surface area contributed by atoms with E-state index in [1.807, 2.05) is 13.8 Å². The van der Waals surface area contributed by atoms with Crippen LogP contribution in [0, 0.1) is 18.7 Å². The molecule has 0 aliphatic rings. The molecule has 1 rings (SSSR count). The van der Waals surface area contributed by atoms with Gasteiger partial charge >= 0.3 is 0 Å². The van der Waals surface area contributed by atoms with Gasteiger partial charge in [-0.05, 0) is 36.5 Å². The van der Waals surface area contributed by atoms with Gasteiger partial charge in [-0.3, -0.25) is 10.0 Å². The Kier molecular flexibility index (Phi) is 7.79. The van der Waals surface area contributed by atoms with Gasteiger partial charge in [-0.2, -0.15) is 0 Å². The summed E-state index contributed by atoms with van der Waals surface area (Å²) in [5, 5.41) is 9.15. The SMILES string of the molecule is CCCC(CC)C(N)(CC(OC)c1ccc(F)c(C)c1)C(=O)NO. The molecular formula is C18H29FN2O3. The summed E-state index contributed by atoms with van der Waals surface area (Å²) in [5.41, 5.74) is 8.13. The van der Waals surface area contributed by atoms with Crippen LogP contribution in [0.2, 0.25) is 0 Å². The number of hydrogen-bond acceptors (Lipinski definition) is 4. The van der Waals surface area contributed by atoms with E-state index in [2.05, 4.69) is 0 Å². The molecule has 4 N–H and O–H groups in total. The van der Waals surface area contributed by atoms with Crippen LogP contribution >= 0.6 is 0 Å². The lowest BCUT2D eigenvalue weighted by Crippen LogP contribution is -2.59. The summed E-state index contributed by atoms with van der Waals surface area (Å²) in [6.07, 6.45) is 2.07. The van der Waals surface area contributed by atoms with Crippen LogP contribution in [0.5, 0.6) is 0 Å². The Bertz CT molecular complexity index is 553. The zero-order valence-corrected chi connectivity index (χ0v) is 14.9. The summed E-state index contributed by atoms with van der Waals surface area (Å²) in [5.74, 6) is -1.02. The van der Waals surface area contributed by atoms with Crippen LogP contribution in [0.15, 0.2) is 18.2 Å². The minimum atomic E-state index is -1.28. The molecule has 0 fully saturated rings. The summed E-state index contributed by atoms with van der Waals surface area (Å²) in [6.45, 7) is 5.67. The number of carbonyl (C=O) groups excluding carboxylic acids is 1. The fourth-order valence-electron chi connectivity index (χ4n) is 3.24. The van der Waals surface area contributed by atoms with Crippen molar-refractivity contribution in [3.8, 4) is 0 Å². The zero-order valence-electron chi connectivity index (χ0n) is 14.9. The lowest BCUT2D eigenvalue weighted by Gasteiger charge is -2.37. The Balaban J connectivity index is 3.18. The Labute approximate surface area is 143 Å². The standard InChI is InChI=1S/C18H29FN2O3/c1-5-7-14(6-2)18(20,17(22)21-23)11-16(24-4)13-8-9-15(19)12(3)10-13/h8-10,14,16,23H,5-7,11,20H2,1-4H3,(H,21,22). The third-order valence-corrected chi connectivity index (χ3v) is 4.74. The second-order valence-corrected chi connectivity index (χ2v) is 6.31. The molecule has 3 atom stereocenters. The third kappa shape index (κ3) is 4.53. The zero-order chi connectivity index (χ0) is 18.3. The van der Waals surface area contributed by atoms with E-state index in [0.29, 0.717) is 12.0 Å². The molecule has 1 aromatic carbocycles. The number of nitrogens with one attached hydrogen (secondary N) is 1. The molecule has 6 heteroatoms. The molecule has 0 heterocycles. The van der Waals surface area contributed by atoms with Crippen molar-refractivity contribution in [2.45, 2.75) is 58.1 Å². The quantitative estimate of drug-likeness (QED) is 0.476. The number of benzene rings is 1. The van der Waals surface area contributed by atoms with Gasteiger partial charge in [0.15, 0.2) is 0 Å². The van der Waals surface area contributed by atoms with Crippen LogP contribution in [0.1, 0.15) is 56.8 Å². The smallest absolute Gasteiger partial charge is 0.263 e. The van der Waals surface area contributed by atoms with Gasteiger partial charge in [0.25, 0.3) is 5.91 Å². The summed E-state index contributed by atoms with van der Waals surface area (Å²) in [4.78, 5) is 12.3. The number of aryl methyl sites for hydroxylation is 1. The van der Waals surface area contributed by atoms with Crippen LogP contribution in [-0.4, -0.2) is 23.8 Å². The van der Waals surface area contributed by atoms with E-state index in [-0.39, 0.29) is 18.2 Å². The first-order valence-electron chi connectivity index (χ1n) is 8.36. The Morgan fingerprint density at radius 1 is 1.46 bits per heavy atom. The fourth-order valence-corrected chi connectivity index (χ4v) is 3.24. The Morgan fingerprint density at radius 2 is 2.12 bits per heavy atom. The second-order valence-electron chi connectivity index (χ2n) is 6.31. The number of amides is 1. The van der Waals surface area contributed by atoms with Crippen molar-refractivity contribution >= 4 is 5.91 Å². The highest BCUT2D eigenvalue weighted by atomic mass is 19.1. The molecule has 0 spiro atoms.